The Labute approximate surface area is 112 Å². The highest BCUT2D eigenvalue weighted by molar-refractivity contribution is 7.92. The van der Waals surface area contributed by atoms with E-state index in [9.17, 15) is 23.1 Å². The van der Waals surface area contributed by atoms with Gasteiger partial charge in [-0.05, 0) is 25.2 Å². The van der Waals surface area contributed by atoms with Crippen molar-refractivity contribution in [1.82, 2.24) is 4.90 Å². The van der Waals surface area contributed by atoms with Gasteiger partial charge in [0.1, 0.15) is 11.3 Å². The van der Waals surface area contributed by atoms with Crippen LogP contribution in [0, 0.1) is 5.92 Å². The normalized spacial score (nSPS) is 34.2. The molecule has 7 heteroatoms. The molecule has 2 fully saturated rings. The molecule has 108 valence electrons. The highest BCUT2D eigenvalue weighted by Gasteiger charge is 2.45. The lowest BCUT2D eigenvalue weighted by molar-refractivity contribution is -0.149. The summed E-state index contributed by atoms with van der Waals surface area (Å²) >= 11 is 0. The average Bonchev–Trinajstić information content (AvgIpc) is 2.70. The van der Waals surface area contributed by atoms with Gasteiger partial charge in [-0.3, -0.25) is 4.79 Å². The molecular weight excluding hydrogens is 270 g/mol. The third-order valence-electron chi connectivity index (χ3n) is 4.09. The number of carbonyl (C=O) groups excluding carboxylic acids is 1. The van der Waals surface area contributed by atoms with Gasteiger partial charge in [-0.1, -0.05) is 13.3 Å². The number of aliphatic carboxylic acids is 1. The Kier molecular flexibility index (Phi) is 3.85. The summed E-state index contributed by atoms with van der Waals surface area (Å²) in [4.78, 5) is 24.8. The average molecular weight is 289 g/mol. The fraction of sp³-hybridized carbons (Fsp3) is 0.833. The van der Waals surface area contributed by atoms with E-state index in [2.05, 4.69) is 0 Å². The minimum absolute atomic E-state index is 0.0323. The second-order valence-corrected chi connectivity index (χ2v) is 7.74. The second-order valence-electron chi connectivity index (χ2n) is 5.43. The fourth-order valence-corrected chi connectivity index (χ4v) is 4.85. The largest absolute Gasteiger partial charge is 0.480 e. The number of carbonyl (C=O) groups is 2. The predicted octanol–water partition coefficient (Wildman–Crippen LogP) is 0.275. The Morgan fingerprint density at radius 3 is 2.47 bits per heavy atom. The van der Waals surface area contributed by atoms with Gasteiger partial charge in [-0.25, -0.2) is 13.2 Å². The molecule has 6 nitrogen and oxygen atoms in total. The molecule has 2 rings (SSSR count). The highest BCUT2D eigenvalue weighted by Crippen LogP contribution is 2.28. The molecular formula is C12H19NO5S. The first-order chi connectivity index (χ1) is 8.84. The maximum atomic E-state index is 12.4. The van der Waals surface area contributed by atoms with Crippen molar-refractivity contribution in [3.8, 4) is 0 Å². The smallest absolute Gasteiger partial charge is 0.326 e. The molecule has 0 spiro atoms. The predicted molar refractivity (Wildman–Crippen MR) is 68.3 cm³/mol. The van der Waals surface area contributed by atoms with Gasteiger partial charge in [-0.15, -0.1) is 0 Å². The van der Waals surface area contributed by atoms with Gasteiger partial charge >= 0.3 is 5.97 Å². The lowest BCUT2D eigenvalue weighted by Gasteiger charge is -2.29. The van der Waals surface area contributed by atoms with Gasteiger partial charge in [0.15, 0.2) is 9.84 Å². The second kappa shape index (κ2) is 5.11. The Balaban J connectivity index is 2.21. The summed E-state index contributed by atoms with van der Waals surface area (Å²) in [5.41, 5.74) is 0. The summed E-state index contributed by atoms with van der Waals surface area (Å²) in [5.74, 6) is -1.67. The Morgan fingerprint density at radius 1 is 1.21 bits per heavy atom. The highest BCUT2D eigenvalue weighted by atomic mass is 32.2. The zero-order valence-electron chi connectivity index (χ0n) is 10.9. The summed E-state index contributed by atoms with van der Waals surface area (Å²) in [6.07, 6.45) is 2.22. The molecule has 2 aliphatic heterocycles. The van der Waals surface area contributed by atoms with Crippen LogP contribution in [-0.4, -0.2) is 53.9 Å². The first-order valence-electron chi connectivity index (χ1n) is 6.59. The first-order valence-corrected chi connectivity index (χ1v) is 8.31. The van der Waals surface area contributed by atoms with Gasteiger partial charge < -0.3 is 10.0 Å². The summed E-state index contributed by atoms with van der Waals surface area (Å²) in [7, 11) is -3.41. The van der Waals surface area contributed by atoms with Crippen molar-refractivity contribution in [1.29, 1.82) is 0 Å². The molecule has 0 bridgehead atoms. The molecule has 0 aromatic carbocycles. The Bertz CT molecular complexity index is 486. The van der Waals surface area contributed by atoms with Crippen LogP contribution < -0.4 is 0 Å². The van der Waals surface area contributed by atoms with Crippen molar-refractivity contribution < 1.29 is 23.1 Å². The first kappa shape index (κ1) is 14.3. The molecule has 3 atom stereocenters. The van der Waals surface area contributed by atoms with Crippen LogP contribution >= 0.6 is 0 Å². The Hall–Kier alpha value is -1.11. The summed E-state index contributed by atoms with van der Waals surface area (Å²) in [6, 6.07) is -0.885. The van der Waals surface area contributed by atoms with Crippen LogP contribution in [0.1, 0.15) is 32.6 Å². The number of nitrogens with zero attached hydrogens (tertiary/aromatic N) is 1. The van der Waals surface area contributed by atoms with E-state index in [-0.39, 0.29) is 11.7 Å². The standard InChI is InChI=1S/C12H19NO5S/c1-8-5-6-13(10(8)12(15)16)11(14)9-4-2-3-7-19(9,17)18/h8-10H,2-7H2,1H3,(H,15,16). The molecule has 2 heterocycles. The zero-order chi connectivity index (χ0) is 14.2. The third kappa shape index (κ3) is 2.61. The van der Waals surface area contributed by atoms with Crippen LogP contribution in [0.3, 0.4) is 0 Å². The van der Waals surface area contributed by atoms with Crippen molar-refractivity contribution in [2.75, 3.05) is 12.3 Å². The molecule has 1 N–H and O–H groups in total. The van der Waals surface area contributed by atoms with Crippen molar-refractivity contribution in [2.24, 2.45) is 5.92 Å². The molecule has 19 heavy (non-hydrogen) atoms. The number of carboxylic acids is 1. The van der Waals surface area contributed by atoms with Gasteiger partial charge in [0, 0.05) is 6.54 Å². The van der Waals surface area contributed by atoms with E-state index in [1.807, 2.05) is 0 Å². The SMILES string of the molecule is CC1CCN(C(=O)C2CCCCS2(=O)=O)C1C(=O)O. The fourth-order valence-electron chi connectivity index (χ4n) is 2.99. The van der Waals surface area contributed by atoms with Crippen LogP contribution in [0.5, 0.6) is 0 Å². The molecule has 3 unspecified atom stereocenters. The number of carboxylic acid groups (broad SMARTS) is 1. The zero-order valence-corrected chi connectivity index (χ0v) is 11.7. The third-order valence-corrected chi connectivity index (χ3v) is 6.25. The molecule has 0 saturated carbocycles. The molecule has 0 aromatic heterocycles. The lowest BCUT2D eigenvalue weighted by Crippen LogP contribution is -2.50. The van der Waals surface area contributed by atoms with Gasteiger partial charge in [0.05, 0.1) is 5.75 Å². The van der Waals surface area contributed by atoms with E-state index in [0.717, 1.165) is 0 Å². The Morgan fingerprint density at radius 2 is 1.89 bits per heavy atom. The molecule has 0 radical (unpaired) electrons. The molecule has 2 saturated heterocycles. The van der Waals surface area contributed by atoms with Crippen molar-refractivity contribution in [2.45, 2.75) is 43.9 Å². The van der Waals surface area contributed by atoms with E-state index < -0.39 is 33.0 Å². The van der Waals surface area contributed by atoms with E-state index >= 15 is 0 Å². The number of hydrogen-bond acceptors (Lipinski definition) is 4. The molecule has 0 aliphatic carbocycles. The van der Waals surface area contributed by atoms with Crippen LogP contribution in [0.4, 0.5) is 0 Å². The van der Waals surface area contributed by atoms with E-state index in [1.54, 1.807) is 6.92 Å². The van der Waals surface area contributed by atoms with E-state index in [4.69, 9.17) is 0 Å². The van der Waals surface area contributed by atoms with Crippen molar-refractivity contribution >= 4 is 21.7 Å². The monoisotopic (exact) mass is 289 g/mol. The summed E-state index contributed by atoms with van der Waals surface area (Å²) in [6.45, 7) is 2.12. The van der Waals surface area contributed by atoms with Crippen molar-refractivity contribution in [3.63, 3.8) is 0 Å². The summed E-state index contributed by atoms with van der Waals surface area (Å²) in [5, 5.41) is 8.15. The van der Waals surface area contributed by atoms with E-state index in [0.29, 0.717) is 32.2 Å². The van der Waals surface area contributed by atoms with Gasteiger partial charge in [-0.2, -0.15) is 0 Å². The van der Waals surface area contributed by atoms with Crippen LogP contribution in [0.2, 0.25) is 0 Å². The van der Waals surface area contributed by atoms with E-state index in [1.165, 1.54) is 4.90 Å². The quantitative estimate of drug-likeness (QED) is 0.788. The topological polar surface area (TPSA) is 91.8 Å². The molecule has 2 aliphatic rings. The van der Waals surface area contributed by atoms with Crippen molar-refractivity contribution in [3.05, 3.63) is 0 Å². The molecule has 1 amide bonds. The van der Waals surface area contributed by atoms with Crippen LogP contribution in [0.15, 0.2) is 0 Å². The summed E-state index contributed by atoms with van der Waals surface area (Å²) < 4.78 is 23.9. The number of likely N-dealkylation sites (tertiary alicyclic amines) is 1. The van der Waals surface area contributed by atoms with Crippen LogP contribution in [-0.2, 0) is 19.4 Å². The maximum Gasteiger partial charge on any atom is 0.326 e. The number of amides is 1. The van der Waals surface area contributed by atoms with Crippen LogP contribution in [0.25, 0.3) is 0 Å². The number of rotatable bonds is 2. The molecule has 0 aromatic rings. The van der Waals surface area contributed by atoms with Gasteiger partial charge in [0.2, 0.25) is 5.91 Å². The minimum Gasteiger partial charge on any atom is -0.480 e. The minimum atomic E-state index is -3.41. The lowest BCUT2D eigenvalue weighted by atomic mass is 10.0. The maximum absolute atomic E-state index is 12.4. The van der Waals surface area contributed by atoms with Gasteiger partial charge in [0.25, 0.3) is 0 Å². The number of sulfone groups is 1. The number of hydrogen-bond donors (Lipinski definition) is 1.